The van der Waals surface area contributed by atoms with E-state index < -0.39 is 0 Å². The van der Waals surface area contributed by atoms with E-state index in [-0.39, 0.29) is 35.8 Å². The second-order valence-electron chi connectivity index (χ2n) is 7.98. The Morgan fingerprint density at radius 1 is 0.697 bits per heavy atom. The summed E-state index contributed by atoms with van der Waals surface area (Å²) in [6.07, 6.45) is 0. The zero-order chi connectivity index (χ0) is 26.3. The molecule has 0 saturated carbocycles. The van der Waals surface area contributed by atoms with Crippen LogP contribution in [0.2, 0.25) is 0 Å². The van der Waals surface area contributed by atoms with E-state index in [1.165, 1.54) is 20.2 Å². The van der Waals surface area contributed by atoms with Gasteiger partial charge in [0.2, 0.25) is 0 Å². The second-order valence-corrected chi connectivity index (χ2v) is 9.95. The molecule has 2 aromatic heterocycles. The van der Waals surface area contributed by atoms with E-state index in [4.69, 9.17) is 6.85 Å². The highest BCUT2D eigenvalue weighted by Crippen LogP contribution is 2.43. The van der Waals surface area contributed by atoms with Crippen molar-refractivity contribution in [3.8, 4) is 16.8 Å². The Bertz CT molecular complexity index is 2080. The van der Waals surface area contributed by atoms with E-state index in [0.29, 0.717) is 5.56 Å². The van der Waals surface area contributed by atoms with Crippen LogP contribution in [0.25, 0.3) is 58.8 Å². The first-order valence-corrected chi connectivity index (χ1v) is 12.2. The fourth-order valence-corrected chi connectivity index (χ4v) is 6.32. The number of hydrogen-bond acceptors (Lipinski definition) is 1. The lowest BCUT2D eigenvalue weighted by Gasteiger charge is -2.11. The molecule has 1 nitrogen and oxygen atoms in total. The summed E-state index contributed by atoms with van der Waals surface area (Å²) in [4.78, 5) is 0. The van der Waals surface area contributed by atoms with Gasteiger partial charge in [-0.25, -0.2) is 0 Å². The number of aromatic nitrogens is 1. The summed E-state index contributed by atoms with van der Waals surface area (Å²) >= 11 is 5.41. The van der Waals surface area contributed by atoms with E-state index in [1.807, 2.05) is 24.3 Å². The predicted molar refractivity (Wildman–Crippen MR) is 147 cm³/mol. The van der Waals surface area contributed by atoms with Crippen LogP contribution in [0.4, 0.5) is 0 Å². The van der Waals surface area contributed by atoms with Gasteiger partial charge in [0.15, 0.2) is 0 Å². The van der Waals surface area contributed by atoms with Crippen LogP contribution in [0.3, 0.4) is 0 Å². The maximum atomic E-state index is 8.49. The van der Waals surface area contributed by atoms with Crippen LogP contribution in [-0.4, -0.2) is 4.57 Å². The van der Waals surface area contributed by atoms with Gasteiger partial charge in [0, 0.05) is 36.4 Å². The summed E-state index contributed by atoms with van der Waals surface area (Å²) in [5, 5.41) is 4.67. The molecule has 0 spiro atoms. The van der Waals surface area contributed by atoms with Gasteiger partial charge in [0.1, 0.15) is 0 Å². The fraction of sp³-hybridized carbons (Fsp3) is 0. The Kier molecular flexibility index (Phi) is 3.25. The molecule has 0 aliphatic carbocycles. The number of fused-ring (bicyclic) bond motifs is 7. The standard InChI is InChI=1S/C30H18BrNS/c31-21-13-16-27-26(18-21)24-14-15-25-23-11-4-5-12-28(23)33-30(25)29(24)32(27)22-10-6-9-20(17-22)19-7-2-1-3-8-19/h1-18H/i1D,2D,3D,7D,8D. The lowest BCUT2D eigenvalue weighted by Crippen LogP contribution is -1.94. The zero-order valence-corrected chi connectivity index (χ0v) is 19.6. The highest BCUT2D eigenvalue weighted by Gasteiger charge is 2.18. The van der Waals surface area contributed by atoms with E-state index >= 15 is 0 Å². The summed E-state index contributed by atoms with van der Waals surface area (Å²) in [7, 11) is 0. The van der Waals surface area contributed by atoms with Crippen LogP contribution < -0.4 is 0 Å². The Hall–Kier alpha value is -3.40. The fourth-order valence-electron chi connectivity index (χ4n) is 4.72. The van der Waals surface area contributed by atoms with E-state index in [2.05, 4.69) is 69.0 Å². The zero-order valence-electron chi connectivity index (χ0n) is 22.2. The Balaban J connectivity index is 1.60. The van der Waals surface area contributed by atoms with Gasteiger partial charge in [0.05, 0.1) is 22.6 Å². The maximum Gasteiger partial charge on any atom is 0.0719 e. The van der Waals surface area contributed by atoms with Gasteiger partial charge in [-0.05, 0) is 47.5 Å². The average Bonchev–Trinajstić information content (AvgIpc) is 3.46. The number of rotatable bonds is 2. The predicted octanol–water partition coefficient (Wildman–Crippen LogP) is 9.58. The first kappa shape index (κ1) is 14.7. The minimum atomic E-state index is -0.389. The summed E-state index contributed by atoms with van der Waals surface area (Å²) in [6, 6.07) is 25.2. The maximum absolute atomic E-state index is 8.49. The molecule has 0 radical (unpaired) electrons. The number of halogens is 1. The van der Waals surface area contributed by atoms with Crippen molar-refractivity contribution in [3.05, 3.63) is 114 Å². The van der Waals surface area contributed by atoms with Crippen molar-refractivity contribution in [1.29, 1.82) is 0 Å². The highest BCUT2D eigenvalue weighted by atomic mass is 79.9. The quantitative estimate of drug-likeness (QED) is 0.219. The third-order valence-corrected chi connectivity index (χ3v) is 7.81. The highest BCUT2D eigenvalue weighted by molar-refractivity contribution is 9.10. The molecule has 0 aliphatic rings. The molecule has 0 amide bonds. The molecule has 33 heavy (non-hydrogen) atoms. The van der Waals surface area contributed by atoms with Gasteiger partial charge in [0.25, 0.3) is 0 Å². The third-order valence-electron chi connectivity index (χ3n) is 6.13. The van der Waals surface area contributed by atoms with Gasteiger partial charge in [-0.2, -0.15) is 0 Å². The van der Waals surface area contributed by atoms with Crippen LogP contribution in [0.1, 0.15) is 6.85 Å². The van der Waals surface area contributed by atoms with Crippen LogP contribution in [-0.2, 0) is 0 Å². The molecule has 7 rings (SSSR count). The minimum absolute atomic E-state index is 0.202. The average molecular weight is 509 g/mol. The van der Waals surface area contributed by atoms with Crippen molar-refractivity contribution in [2.75, 3.05) is 0 Å². The van der Waals surface area contributed by atoms with Crippen LogP contribution in [0.5, 0.6) is 0 Å². The molecule has 0 saturated heterocycles. The summed E-state index contributed by atoms with van der Waals surface area (Å²) in [5.74, 6) is 0. The number of nitrogens with zero attached hydrogens (tertiary/aromatic N) is 1. The SMILES string of the molecule is [2H]c1c([2H])c([2H])c(-c2cccc(-n3c4ccc(Br)cc4c4ccc5c6ccccc6sc5c43)c2)c([2H])c1[2H]. The molecule has 156 valence electrons. The van der Waals surface area contributed by atoms with E-state index in [1.54, 1.807) is 17.4 Å². The molecule has 0 unspecified atom stereocenters. The largest absolute Gasteiger partial charge is 0.308 e. The first-order chi connectivity index (χ1) is 18.3. The number of thiophene rings is 1. The normalized spacial score (nSPS) is 13.9. The summed E-state index contributed by atoms with van der Waals surface area (Å²) in [6.45, 7) is 0. The number of benzene rings is 5. The molecule has 0 fully saturated rings. The molecule has 0 bridgehead atoms. The second kappa shape index (κ2) is 7.31. The molecular formula is C30H18BrNS. The van der Waals surface area contributed by atoms with Crippen molar-refractivity contribution < 1.29 is 6.85 Å². The monoisotopic (exact) mass is 508 g/mol. The van der Waals surface area contributed by atoms with Crippen LogP contribution in [0.15, 0.2) is 114 Å². The minimum Gasteiger partial charge on any atom is -0.308 e. The third kappa shape index (κ3) is 2.90. The van der Waals surface area contributed by atoms with Gasteiger partial charge in [-0.15, -0.1) is 11.3 Å². The smallest absolute Gasteiger partial charge is 0.0719 e. The molecular weight excluding hydrogens is 486 g/mol. The lowest BCUT2D eigenvalue weighted by atomic mass is 10.1. The molecule has 7 aromatic rings. The molecule has 2 heterocycles. The van der Waals surface area contributed by atoms with Crippen molar-refractivity contribution >= 4 is 69.2 Å². The van der Waals surface area contributed by atoms with Crippen LogP contribution in [0, 0.1) is 0 Å². The molecule has 3 heteroatoms. The van der Waals surface area contributed by atoms with E-state index in [0.717, 1.165) is 32.0 Å². The van der Waals surface area contributed by atoms with Crippen molar-refractivity contribution in [1.82, 2.24) is 4.57 Å². The summed E-state index contributed by atoms with van der Waals surface area (Å²) < 4.78 is 46.9. The Morgan fingerprint density at radius 3 is 2.45 bits per heavy atom. The topological polar surface area (TPSA) is 4.93 Å². The Morgan fingerprint density at radius 2 is 1.55 bits per heavy atom. The molecule has 0 atom stereocenters. The number of hydrogen-bond donors (Lipinski definition) is 0. The van der Waals surface area contributed by atoms with E-state index in [9.17, 15) is 0 Å². The van der Waals surface area contributed by atoms with Gasteiger partial charge in [-0.1, -0.05) is 88.6 Å². The molecule has 0 aliphatic heterocycles. The van der Waals surface area contributed by atoms with Crippen LogP contribution >= 0.6 is 27.3 Å². The van der Waals surface area contributed by atoms with Gasteiger partial charge in [-0.3, -0.25) is 0 Å². The van der Waals surface area contributed by atoms with Gasteiger partial charge >= 0.3 is 0 Å². The van der Waals surface area contributed by atoms with Gasteiger partial charge < -0.3 is 4.57 Å². The molecule has 0 N–H and O–H groups in total. The van der Waals surface area contributed by atoms with Crippen molar-refractivity contribution in [2.24, 2.45) is 0 Å². The summed E-state index contributed by atoms with van der Waals surface area (Å²) in [5.41, 5.74) is 3.77. The lowest BCUT2D eigenvalue weighted by molar-refractivity contribution is 1.19. The van der Waals surface area contributed by atoms with Crippen molar-refractivity contribution in [3.63, 3.8) is 0 Å². The first-order valence-electron chi connectivity index (χ1n) is 13.1. The Labute approximate surface area is 210 Å². The molecule has 5 aromatic carbocycles. The van der Waals surface area contributed by atoms with Crippen molar-refractivity contribution in [2.45, 2.75) is 0 Å².